The van der Waals surface area contributed by atoms with Crippen molar-refractivity contribution in [1.82, 2.24) is 5.32 Å². The van der Waals surface area contributed by atoms with Crippen molar-refractivity contribution in [2.75, 3.05) is 6.54 Å². The molecule has 0 aliphatic carbocycles. The third-order valence-corrected chi connectivity index (χ3v) is 1.03. The predicted octanol–water partition coefficient (Wildman–Crippen LogP) is -0.875. The van der Waals surface area contributed by atoms with E-state index < -0.39 is 11.2 Å². The maximum Gasteiger partial charge on any atom is 0.322 e. The summed E-state index contributed by atoms with van der Waals surface area (Å²) >= 11 is 3.79. The normalized spacial score (nSPS) is 11.1. The molecule has 2 N–H and O–H groups in total. The van der Waals surface area contributed by atoms with Crippen molar-refractivity contribution in [3.05, 3.63) is 0 Å². The van der Waals surface area contributed by atoms with Crippen molar-refractivity contribution < 1.29 is 14.7 Å². The maximum atomic E-state index is 10.6. The first-order valence-electron chi connectivity index (χ1n) is 2.71. The van der Waals surface area contributed by atoms with Crippen LogP contribution in [0.2, 0.25) is 0 Å². The van der Waals surface area contributed by atoms with E-state index >= 15 is 0 Å². The van der Waals surface area contributed by atoms with Gasteiger partial charge in [0.2, 0.25) is 5.91 Å². The minimum atomic E-state index is -1.05. The molecule has 1 radical (unpaired) electrons. The molecule has 4 nitrogen and oxygen atoms in total. The second kappa shape index (κ2) is 6.97. The van der Waals surface area contributed by atoms with E-state index in [0.29, 0.717) is 0 Å². The average Bonchev–Trinajstić information content (AvgIpc) is 1.82. The van der Waals surface area contributed by atoms with Gasteiger partial charge < -0.3 is 10.4 Å². The van der Waals surface area contributed by atoms with Crippen LogP contribution in [0.15, 0.2) is 0 Å². The van der Waals surface area contributed by atoms with Gasteiger partial charge in [0.25, 0.3) is 0 Å². The number of carbonyl (C=O) groups excluding carboxylic acids is 1. The molecule has 0 aliphatic rings. The van der Waals surface area contributed by atoms with Gasteiger partial charge in [0, 0.05) is 29.6 Å². The van der Waals surface area contributed by atoms with E-state index in [4.69, 9.17) is 5.11 Å². The molecule has 0 aliphatic heterocycles. The van der Waals surface area contributed by atoms with Crippen LogP contribution in [0.1, 0.15) is 6.92 Å². The number of hydrogen-bond acceptors (Lipinski definition) is 3. The molecule has 0 aromatic rings. The third kappa shape index (κ3) is 8.19. The molecule has 0 unspecified atom stereocenters. The summed E-state index contributed by atoms with van der Waals surface area (Å²) in [7, 11) is 0. The Morgan fingerprint density at radius 1 is 1.64 bits per heavy atom. The van der Waals surface area contributed by atoms with Crippen molar-refractivity contribution in [3.63, 3.8) is 0 Å². The van der Waals surface area contributed by atoms with Gasteiger partial charge in [0.05, 0.1) is 5.25 Å². The minimum absolute atomic E-state index is 0. The number of carbonyl (C=O) groups is 2. The Hall–Kier alpha value is 0.290. The number of aliphatic carboxylic acids is 1. The molecule has 0 aromatic heterocycles. The Labute approximate surface area is 92.4 Å². The van der Waals surface area contributed by atoms with E-state index in [1.54, 1.807) is 6.92 Å². The van der Waals surface area contributed by atoms with E-state index in [9.17, 15) is 9.59 Å². The molecular formula is C5H9NNaO3S. The zero-order valence-corrected chi connectivity index (χ0v) is 9.39. The van der Waals surface area contributed by atoms with Crippen molar-refractivity contribution in [2.24, 2.45) is 0 Å². The topological polar surface area (TPSA) is 66.4 Å². The predicted molar refractivity (Wildman–Crippen MR) is 44.8 cm³/mol. The molecule has 0 rings (SSSR count). The molecule has 59 valence electrons. The van der Waals surface area contributed by atoms with E-state index in [1.165, 1.54) is 0 Å². The van der Waals surface area contributed by atoms with Crippen LogP contribution in [-0.2, 0) is 9.59 Å². The second-order valence-electron chi connectivity index (χ2n) is 1.79. The van der Waals surface area contributed by atoms with Crippen LogP contribution in [0, 0.1) is 0 Å². The first-order chi connectivity index (χ1) is 4.54. The molecule has 0 heterocycles. The van der Waals surface area contributed by atoms with Crippen molar-refractivity contribution >= 4 is 54.1 Å². The first-order valence-corrected chi connectivity index (χ1v) is 3.23. The van der Waals surface area contributed by atoms with Gasteiger partial charge in [-0.2, -0.15) is 12.6 Å². The van der Waals surface area contributed by atoms with Gasteiger partial charge in [-0.3, -0.25) is 9.59 Å². The van der Waals surface area contributed by atoms with Crippen LogP contribution < -0.4 is 5.32 Å². The van der Waals surface area contributed by atoms with Gasteiger partial charge in [0.15, 0.2) is 0 Å². The molecule has 0 saturated heterocycles. The SMILES string of the molecule is C[C@@H](S)C(=O)NCC(=O)O.[Na]. The van der Waals surface area contributed by atoms with Crippen molar-refractivity contribution in [1.29, 1.82) is 0 Å². The molecule has 1 amide bonds. The van der Waals surface area contributed by atoms with Gasteiger partial charge in [-0.05, 0) is 6.92 Å². The Bertz CT molecular complexity index is 151. The maximum absolute atomic E-state index is 10.6. The summed E-state index contributed by atoms with van der Waals surface area (Å²) in [6, 6.07) is 0. The van der Waals surface area contributed by atoms with Crippen LogP contribution in [0.5, 0.6) is 0 Å². The number of hydrogen-bond donors (Lipinski definition) is 3. The Morgan fingerprint density at radius 2 is 2.09 bits per heavy atom. The van der Waals surface area contributed by atoms with Gasteiger partial charge in [-0.15, -0.1) is 0 Å². The Kier molecular flexibility index (Phi) is 8.77. The van der Waals surface area contributed by atoms with Crippen LogP contribution in [0.25, 0.3) is 0 Å². The second-order valence-corrected chi connectivity index (χ2v) is 2.56. The molecule has 11 heavy (non-hydrogen) atoms. The average molecular weight is 186 g/mol. The minimum Gasteiger partial charge on any atom is -0.480 e. The van der Waals surface area contributed by atoms with Crippen LogP contribution >= 0.6 is 12.6 Å². The summed E-state index contributed by atoms with van der Waals surface area (Å²) in [5, 5.41) is 9.81. The van der Waals surface area contributed by atoms with E-state index in [2.05, 4.69) is 17.9 Å². The standard InChI is InChI=1S/C5H9NO3S.Na/c1-3(10)5(9)6-2-4(7)8;/h3,10H,2H2,1H3,(H,6,9)(H,7,8);/t3-;/m1./s1. The monoisotopic (exact) mass is 186 g/mol. The largest absolute Gasteiger partial charge is 0.480 e. The van der Waals surface area contributed by atoms with E-state index in [1.807, 2.05) is 0 Å². The fourth-order valence-corrected chi connectivity index (χ4v) is 0.402. The smallest absolute Gasteiger partial charge is 0.322 e. The number of carboxylic acids is 1. The van der Waals surface area contributed by atoms with Gasteiger partial charge in [-0.25, -0.2) is 0 Å². The number of amides is 1. The summed E-state index contributed by atoms with van der Waals surface area (Å²) in [5.41, 5.74) is 0. The number of carboxylic acid groups (broad SMARTS) is 1. The third-order valence-electron chi connectivity index (χ3n) is 0.793. The zero-order valence-electron chi connectivity index (χ0n) is 6.50. The summed E-state index contributed by atoms with van der Waals surface area (Å²) in [4.78, 5) is 20.5. The fourth-order valence-electron chi connectivity index (χ4n) is 0.310. The Morgan fingerprint density at radius 3 is 2.36 bits per heavy atom. The van der Waals surface area contributed by atoms with Crippen molar-refractivity contribution in [3.8, 4) is 0 Å². The van der Waals surface area contributed by atoms with Crippen LogP contribution in [-0.4, -0.2) is 58.3 Å². The Balaban J connectivity index is 0. The molecule has 0 bridgehead atoms. The molecule has 6 heteroatoms. The summed E-state index contributed by atoms with van der Waals surface area (Å²) in [6.07, 6.45) is 0. The summed E-state index contributed by atoms with van der Waals surface area (Å²) < 4.78 is 0. The molecule has 1 atom stereocenters. The van der Waals surface area contributed by atoms with Crippen LogP contribution in [0.4, 0.5) is 0 Å². The number of nitrogens with one attached hydrogen (secondary N) is 1. The molecule has 0 aromatic carbocycles. The quantitative estimate of drug-likeness (QED) is 0.396. The molecular weight excluding hydrogens is 177 g/mol. The number of thiol groups is 1. The summed E-state index contributed by atoms with van der Waals surface area (Å²) in [5.74, 6) is -1.42. The first kappa shape index (κ1) is 13.9. The summed E-state index contributed by atoms with van der Waals surface area (Å²) in [6.45, 7) is 1.23. The van der Waals surface area contributed by atoms with Crippen molar-refractivity contribution in [2.45, 2.75) is 12.2 Å². The van der Waals surface area contributed by atoms with Crippen LogP contribution in [0.3, 0.4) is 0 Å². The molecule has 0 saturated carbocycles. The van der Waals surface area contributed by atoms with Gasteiger partial charge in [-0.1, -0.05) is 0 Å². The van der Waals surface area contributed by atoms with Gasteiger partial charge >= 0.3 is 5.97 Å². The zero-order chi connectivity index (χ0) is 8.15. The van der Waals surface area contributed by atoms with E-state index in [0.717, 1.165) is 0 Å². The molecule has 0 fully saturated rings. The fraction of sp³-hybridized carbons (Fsp3) is 0.600. The van der Waals surface area contributed by atoms with Gasteiger partial charge in [0.1, 0.15) is 6.54 Å². The molecule has 0 spiro atoms. The number of rotatable bonds is 3. The van der Waals surface area contributed by atoms with E-state index in [-0.39, 0.29) is 42.0 Å².